The summed E-state index contributed by atoms with van der Waals surface area (Å²) in [6, 6.07) is 5.96. The minimum atomic E-state index is -0.541. The average molecular weight is 301 g/mol. The first-order valence-electron chi connectivity index (χ1n) is 6.15. The quantitative estimate of drug-likeness (QED) is 0.861. The Balaban J connectivity index is 1.97. The van der Waals surface area contributed by atoms with Crippen LogP contribution in [-0.2, 0) is 0 Å². The topological polar surface area (TPSA) is 54.4 Å². The smallest absolute Gasteiger partial charge is 0.184 e. The molecule has 19 heavy (non-hydrogen) atoms. The molecule has 0 aliphatic heterocycles. The SMILES string of the molecule is CC(C)NCC(O)COc1cccc2nc(Cl)sc12. The molecular formula is C13H17ClN2O2S. The Kier molecular flexibility index (Phi) is 4.99. The van der Waals surface area contributed by atoms with Crippen LogP contribution >= 0.6 is 22.9 Å². The van der Waals surface area contributed by atoms with Crippen LogP contribution in [0.4, 0.5) is 0 Å². The molecule has 2 aromatic rings. The summed E-state index contributed by atoms with van der Waals surface area (Å²) in [4.78, 5) is 4.19. The summed E-state index contributed by atoms with van der Waals surface area (Å²) in [7, 11) is 0. The maximum Gasteiger partial charge on any atom is 0.184 e. The van der Waals surface area contributed by atoms with Crippen molar-refractivity contribution in [3.05, 3.63) is 22.7 Å². The maximum atomic E-state index is 9.81. The Hall–Kier alpha value is -0.880. The Bertz CT molecular complexity index is 544. The third-order valence-corrected chi connectivity index (χ3v) is 3.74. The van der Waals surface area contributed by atoms with Crippen molar-refractivity contribution in [3.63, 3.8) is 0 Å². The second-order valence-electron chi connectivity index (χ2n) is 4.60. The molecule has 0 aliphatic rings. The van der Waals surface area contributed by atoms with Gasteiger partial charge in [-0.05, 0) is 12.1 Å². The minimum absolute atomic E-state index is 0.244. The lowest BCUT2D eigenvalue weighted by Crippen LogP contribution is -2.35. The predicted octanol–water partition coefficient (Wildman–Crippen LogP) is 2.69. The van der Waals surface area contributed by atoms with Gasteiger partial charge in [-0.15, -0.1) is 0 Å². The zero-order chi connectivity index (χ0) is 13.8. The van der Waals surface area contributed by atoms with E-state index in [2.05, 4.69) is 10.3 Å². The molecule has 2 rings (SSSR count). The summed E-state index contributed by atoms with van der Waals surface area (Å²) in [6.07, 6.45) is -0.541. The molecule has 1 atom stereocenters. The number of ether oxygens (including phenoxy) is 1. The largest absolute Gasteiger partial charge is 0.489 e. The molecule has 1 unspecified atom stereocenters. The van der Waals surface area contributed by atoms with Crippen molar-refractivity contribution in [2.24, 2.45) is 0 Å². The molecule has 0 bridgehead atoms. The van der Waals surface area contributed by atoms with E-state index in [9.17, 15) is 5.11 Å². The van der Waals surface area contributed by atoms with Gasteiger partial charge in [0.2, 0.25) is 0 Å². The molecule has 0 aliphatic carbocycles. The van der Waals surface area contributed by atoms with E-state index >= 15 is 0 Å². The van der Waals surface area contributed by atoms with E-state index in [4.69, 9.17) is 16.3 Å². The lowest BCUT2D eigenvalue weighted by molar-refractivity contribution is 0.105. The molecule has 2 N–H and O–H groups in total. The number of nitrogens with one attached hydrogen (secondary N) is 1. The highest BCUT2D eigenvalue weighted by Gasteiger charge is 2.10. The van der Waals surface area contributed by atoms with E-state index in [1.807, 2.05) is 32.0 Å². The fourth-order valence-electron chi connectivity index (χ4n) is 1.63. The molecule has 6 heteroatoms. The first kappa shape index (κ1) is 14.5. The van der Waals surface area contributed by atoms with Crippen molar-refractivity contribution in [2.75, 3.05) is 13.2 Å². The second kappa shape index (κ2) is 6.52. The standard InChI is InChI=1S/C13H17ClN2O2S/c1-8(2)15-6-9(17)7-18-11-5-3-4-10-12(11)19-13(14)16-10/h3-5,8-9,15,17H,6-7H2,1-2H3. The van der Waals surface area contributed by atoms with Gasteiger partial charge < -0.3 is 15.2 Å². The Morgan fingerprint density at radius 1 is 1.47 bits per heavy atom. The van der Waals surface area contributed by atoms with Crippen molar-refractivity contribution < 1.29 is 9.84 Å². The Morgan fingerprint density at radius 2 is 2.26 bits per heavy atom. The first-order chi connectivity index (χ1) is 9.06. The Labute approximate surface area is 121 Å². The molecule has 0 fully saturated rings. The van der Waals surface area contributed by atoms with Gasteiger partial charge in [0.1, 0.15) is 18.5 Å². The number of rotatable bonds is 6. The average Bonchev–Trinajstić information content (AvgIpc) is 2.74. The monoisotopic (exact) mass is 300 g/mol. The lowest BCUT2D eigenvalue weighted by Gasteiger charge is -2.15. The molecule has 0 amide bonds. The summed E-state index contributed by atoms with van der Waals surface area (Å²) in [5, 5.41) is 13.0. The van der Waals surface area contributed by atoms with Crippen LogP contribution < -0.4 is 10.1 Å². The number of hydrogen-bond donors (Lipinski definition) is 2. The van der Waals surface area contributed by atoms with E-state index in [1.165, 1.54) is 11.3 Å². The molecule has 0 radical (unpaired) electrons. The van der Waals surface area contributed by atoms with E-state index in [0.717, 1.165) is 10.2 Å². The van der Waals surface area contributed by atoms with Crippen LogP contribution in [-0.4, -0.2) is 35.4 Å². The zero-order valence-electron chi connectivity index (χ0n) is 10.9. The van der Waals surface area contributed by atoms with E-state index in [-0.39, 0.29) is 6.61 Å². The molecule has 1 aromatic heterocycles. The molecule has 1 heterocycles. The summed E-state index contributed by atoms with van der Waals surface area (Å²) >= 11 is 7.28. The van der Waals surface area contributed by atoms with Crippen molar-refractivity contribution in [2.45, 2.75) is 26.0 Å². The number of nitrogens with zero attached hydrogens (tertiary/aromatic N) is 1. The summed E-state index contributed by atoms with van der Waals surface area (Å²) < 4.78 is 7.06. The van der Waals surface area contributed by atoms with Crippen molar-refractivity contribution in [1.82, 2.24) is 10.3 Å². The number of benzene rings is 1. The number of aliphatic hydroxyl groups is 1. The van der Waals surface area contributed by atoms with Gasteiger partial charge in [0.05, 0.1) is 10.2 Å². The van der Waals surface area contributed by atoms with E-state index in [1.54, 1.807) is 0 Å². The maximum absolute atomic E-state index is 9.81. The normalized spacial score (nSPS) is 13.1. The third-order valence-electron chi connectivity index (χ3n) is 2.55. The highest BCUT2D eigenvalue weighted by molar-refractivity contribution is 7.22. The first-order valence-corrected chi connectivity index (χ1v) is 7.35. The number of aliphatic hydroxyl groups excluding tert-OH is 1. The summed E-state index contributed by atoms with van der Waals surface area (Å²) in [6.45, 7) is 4.83. The molecule has 4 nitrogen and oxygen atoms in total. The lowest BCUT2D eigenvalue weighted by atomic mass is 10.3. The van der Waals surface area contributed by atoms with Crippen LogP contribution in [0.2, 0.25) is 4.47 Å². The van der Waals surface area contributed by atoms with Gasteiger partial charge in [-0.3, -0.25) is 0 Å². The fraction of sp³-hybridized carbons (Fsp3) is 0.462. The number of fused-ring (bicyclic) bond motifs is 1. The van der Waals surface area contributed by atoms with Gasteiger partial charge in [0, 0.05) is 12.6 Å². The van der Waals surface area contributed by atoms with Gasteiger partial charge in [0.15, 0.2) is 4.47 Å². The zero-order valence-corrected chi connectivity index (χ0v) is 12.5. The highest BCUT2D eigenvalue weighted by atomic mass is 35.5. The second-order valence-corrected chi connectivity index (χ2v) is 6.18. The number of hydrogen-bond acceptors (Lipinski definition) is 5. The molecule has 0 spiro atoms. The van der Waals surface area contributed by atoms with Crippen molar-refractivity contribution in [3.8, 4) is 5.75 Å². The van der Waals surface area contributed by atoms with Gasteiger partial charge in [-0.25, -0.2) is 4.98 Å². The number of thiazole rings is 1. The summed E-state index contributed by atoms with van der Waals surface area (Å²) in [5.74, 6) is 0.713. The van der Waals surface area contributed by atoms with Crippen LogP contribution in [0.3, 0.4) is 0 Å². The molecule has 0 saturated heterocycles. The van der Waals surface area contributed by atoms with Crippen LogP contribution in [0, 0.1) is 0 Å². The van der Waals surface area contributed by atoms with Gasteiger partial charge in [-0.1, -0.05) is 42.9 Å². The van der Waals surface area contributed by atoms with Crippen LogP contribution in [0.25, 0.3) is 10.2 Å². The van der Waals surface area contributed by atoms with Gasteiger partial charge >= 0.3 is 0 Å². The molecular weight excluding hydrogens is 284 g/mol. The fourth-order valence-corrected chi connectivity index (χ4v) is 2.71. The molecule has 1 aromatic carbocycles. The van der Waals surface area contributed by atoms with Crippen LogP contribution in [0.1, 0.15) is 13.8 Å². The van der Waals surface area contributed by atoms with Gasteiger partial charge in [0.25, 0.3) is 0 Å². The van der Waals surface area contributed by atoms with Crippen molar-refractivity contribution in [1.29, 1.82) is 0 Å². The van der Waals surface area contributed by atoms with Crippen LogP contribution in [0.15, 0.2) is 18.2 Å². The Morgan fingerprint density at radius 3 is 3.00 bits per heavy atom. The molecule has 104 valence electrons. The van der Waals surface area contributed by atoms with Crippen LogP contribution in [0.5, 0.6) is 5.75 Å². The number of halogens is 1. The van der Waals surface area contributed by atoms with Crippen molar-refractivity contribution >= 4 is 33.2 Å². The number of aromatic nitrogens is 1. The highest BCUT2D eigenvalue weighted by Crippen LogP contribution is 2.33. The minimum Gasteiger partial charge on any atom is -0.489 e. The third kappa shape index (κ3) is 4.04. The summed E-state index contributed by atoms with van der Waals surface area (Å²) in [5.41, 5.74) is 0.822. The molecule has 0 saturated carbocycles. The van der Waals surface area contributed by atoms with Gasteiger partial charge in [-0.2, -0.15) is 0 Å². The van der Waals surface area contributed by atoms with E-state index < -0.39 is 6.10 Å². The van der Waals surface area contributed by atoms with E-state index in [0.29, 0.717) is 22.8 Å². The predicted molar refractivity (Wildman–Crippen MR) is 79.3 cm³/mol.